The van der Waals surface area contributed by atoms with Crippen molar-refractivity contribution < 1.29 is 14.3 Å². The van der Waals surface area contributed by atoms with Crippen molar-refractivity contribution in [3.05, 3.63) is 28.8 Å². The maximum absolute atomic E-state index is 12.0. The van der Waals surface area contributed by atoms with Gasteiger partial charge in [-0.3, -0.25) is 0 Å². The van der Waals surface area contributed by atoms with Crippen LogP contribution in [0.25, 0.3) is 0 Å². The van der Waals surface area contributed by atoms with E-state index in [1.54, 1.807) is 12.0 Å². The number of aryl methyl sites for hydroxylation is 3. The van der Waals surface area contributed by atoms with Gasteiger partial charge < -0.3 is 24.6 Å². The minimum Gasteiger partial charge on any atom is -0.450 e. The quantitative estimate of drug-likeness (QED) is 0.723. The number of ether oxygens (including phenoxy) is 2. The second-order valence-electron chi connectivity index (χ2n) is 7.31. The summed E-state index contributed by atoms with van der Waals surface area (Å²) in [6.07, 6.45) is 1.49. The Morgan fingerprint density at radius 3 is 2.39 bits per heavy atom. The van der Waals surface area contributed by atoms with Gasteiger partial charge in [-0.2, -0.15) is 0 Å². The smallest absolute Gasteiger partial charge is 0.409 e. The van der Waals surface area contributed by atoms with Crippen molar-refractivity contribution in [3.8, 4) is 0 Å². The van der Waals surface area contributed by atoms with Gasteiger partial charge in [0.2, 0.25) is 0 Å². The molecule has 1 fully saturated rings. The first-order valence-corrected chi connectivity index (χ1v) is 10.3. The molecule has 1 aliphatic heterocycles. The number of nitrogens with zero attached hydrogens (tertiary/aromatic N) is 2. The largest absolute Gasteiger partial charge is 0.450 e. The Kier molecular flexibility index (Phi) is 8.51. The van der Waals surface area contributed by atoms with Crippen molar-refractivity contribution in [3.63, 3.8) is 0 Å². The summed E-state index contributed by atoms with van der Waals surface area (Å²) in [5.74, 6) is 0. The monoisotopic (exact) mass is 407 g/mol. The lowest BCUT2D eigenvalue weighted by atomic mass is 10.0. The number of piperidine rings is 1. The van der Waals surface area contributed by atoms with E-state index in [2.05, 4.69) is 43.1 Å². The molecule has 0 aliphatic carbocycles. The highest BCUT2D eigenvalue weighted by Gasteiger charge is 2.29. The van der Waals surface area contributed by atoms with Crippen LogP contribution in [-0.2, 0) is 9.47 Å². The van der Waals surface area contributed by atoms with E-state index in [0.717, 1.165) is 25.1 Å². The van der Waals surface area contributed by atoms with Gasteiger partial charge >= 0.3 is 6.09 Å². The molecule has 1 aromatic carbocycles. The first-order valence-electron chi connectivity index (χ1n) is 9.93. The molecular formula is C21H33N3O3S. The van der Waals surface area contributed by atoms with Crippen LogP contribution in [0.1, 0.15) is 36.5 Å². The molecule has 0 radical (unpaired) electrons. The molecule has 2 rings (SSSR count). The normalized spacial score (nSPS) is 14.7. The van der Waals surface area contributed by atoms with Crippen LogP contribution >= 0.6 is 12.2 Å². The van der Waals surface area contributed by atoms with Gasteiger partial charge in [0, 0.05) is 38.5 Å². The first-order chi connectivity index (χ1) is 13.4. The Labute approximate surface area is 174 Å². The van der Waals surface area contributed by atoms with Gasteiger partial charge in [-0.15, -0.1) is 0 Å². The van der Waals surface area contributed by atoms with E-state index in [-0.39, 0.29) is 12.1 Å². The van der Waals surface area contributed by atoms with Crippen LogP contribution in [0.4, 0.5) is 10.5 Å². The molecule has 0 unspecified atom stereocenters. The fraction of sp³-hybridized carbons (Fsp3) is 0.619. The molecule has 28 heavy (non-hydrogen) atoms. The van der Waals surface area contributed by atoms with Crippen molar-refractivity contribution >= 4 is 29.1 Å². The second kappa shape index (κ2) is 10.6. The number of nitrogens with one attached hydrogen (secondary N) is 1. The van der Waals surface area contributed by atoms with E-state index in [1.807, 2.05) is 6.92 Å². The Morgan fingerprint density at radius 2 is 1.86 bits per heavy atom. The molecule has 7 heteroatoms. The molecule has 1 N–H and O–H groups in total. The summed E-state index contributed by atoms with van der Waals surface area (Å²) in [4.78, 5) is 15.9. The molecule has 6 nitrogen and oxygen atoms in total. The first kappa shape index (κ1) is 22.4. The number of carbonyl (C=O) groups excluding carboxylic acids is 1. The highest BCUT2D eigenvalue weighted by molar-refractivity contribution is 7.80. The molecule has 1 saturated heterocycles. The maximum Gasteiger partial charge on any atom is 0.409 e. The maximum atomic E-state index is 12.0. The van der Waals surface area contributed by atoms with Crippen LogP contribution < -0.4 is 5.32 Å². The average Bonchev–Trinajstić information content (AvgIpc) is 2.65. The number of hydrogen-bond acceptors (Lipinski definition) is 4. The molecule has 1 amide bonds. The van der Waals surface area contributed by atoms with E-state index in [9.17, 15) is 4.79 Å². The van der Waals surface area contributed by atoms with Gasteiger partial charge in [-0.05, 0) is 63.9 Å². The molecule has 0 aromatic heterocycles. The van der Waals surface area contributed by atoms with Gasteiger partial charge in [0.25, 0.3) is 0 Å². The number of methoxy groups -OCH3 is 1. The van der Waals surface area contributed by atoms with E-state index < -0.39 is 0 Å². The number of benzene rings is 1. The molecule has 0 spiro atoms. The lowest BCUT2D eigenvalue weighted by molar-refractivity contribution is 0.0829. The van der Waals surface area contributed by atoms with Gasteiger partial charge in [-0.1, -0.05) is 17.7 Å². The summed E-state index contributed by atoms with van der Waals surface area (Å²) >= 11 is 5.78. The number of hydrogen-bond donors (Lipinski definition) is 1. The molecular weight excluding hydrogens is 374 g/mol. The summed E-state index contributed by atoms with van der Waals surface area (Å²) < 4.78 is 10.4. The minimum atomic E-state index is -0.226. The van der Waals surface area contributed by atoms with E-state index in [4.69, 9.17) is 21.7 Å². The number of thiocarbonyl (C=S) groups is 1. The molecule has 1 aromatic rings. The average molecular weight is 408 g/mol. The summed E-state index contributed by atoms with van der Waals surface area (Å²) in [7, 11) is 1.70. The molecule has 0 atom stereocenters. The number of rotatable bonds is 6. The predicted molar refractivity (Wildman–Crippen MR) is 117 cm³/mol. The van der Waals surface area contributed by atoms with Crippen LogP contribution in [0.3, 0.4) is 0 Å². The van der Waals surface area contributed by atoms with Crippen LogP contribution in [0, 0.1) is 20.8 Å². The van der Waals surface area contributed by atoms with Crippen molar-refractivity contribution in [1.82, 2.24) is 9.80 Å². The van der Waals surface area contributed by atoms with E-state index >= 15 is 0 Å². The van der Waals surface area contributed by atoms with Gasteiger partial charge in [0.1, 0.15) is 0 Å². The molecule has 0 saturated carbocycles. The number of carbonyl (C=O) groups is 1. The lowest BCUT2D eigenvalue weighted by Gasteiger charge is -2.39. The zero-order valence-electron chi connectivity index (χ0n) is 17.7. The number of likely N-dealkylation sites (tertiary alicyclic amines) is 1. The summed E-state index contributed by atoms with van der Waals surface area (Å²) in [5, 5.41) is 4.17. The third-order valence-electron chi connectivity index (χ3n) is 5.14. The molecule has 156 valence electrons. The Bertz CT molecular complexity index is 664. The molecule has 1 heterocycles. The van der Waals surface area contributed by atoms with Crippen LogP contribution in [0.2, 0.25) is 0 Å². The summed E-state index contributed by atoms with van der Waals surface area (Å²) in [5.41, 5.74) is 4.68. The SMILES string of the molecule is CCOC(=O)N1CCC(N(CCOC)C(=S)Nc2c(C)cc(C)cc2C)CC1. The third-order valence-corrected chi connectivity index (χ3v) is 5.47. The number of anilines is 1. The highest BCUT2D eigenvalue weighted by Crippen LogP contribution is 2.24. The summed E-state index contributed by atoms with van der Waals surface area (Å²) in [6, 6.07) is 4.59. The predicted octanol–water partition coefficient (Wildman–Crippen LogP) is 3.88. The van der Waals surface area contributed by atoms with Gasteiger partial charge in [0.15, 0.2) is 5.11 Å². The lowest BCUT2D eigenvalue weighted by Crippen LogP contribution is -2.51. The van der Waals surface area contributed by atoms with Crippen molar-refractivity contribution in [2.24, 2.45) is 0 Å². The van der Waals surface area contributed by atoms with Crippen LogP contribution in [-0.4, -0.2) is 67.0 Å². The van der Waals surface area contributed by atoms with E-state index in [0.29, 0.717) is 31.4 Å². The zero-order chi connectivity index (χ0) is 20.7. The fourth-order valence-corrected chi connectivity index (χ4v) is 4.11. The zero-order valence-corrected chi connectivity index (χ0v) is 18.5. The topological polar surface area (TPSA) is 54.0 Å². The highest BCUT2D eigenvalue weighted by atomic mass is 32.1. The minimum absolute atomic E-state index is 0.226. The molecule has 0 bridgehead atoms. The standard InChI is InChI=1S/C21H33N3O3S/c1-6-27-21(25)23-9-7-18(8-10-23)24(11-12-26-5)20(28)22-19-16(3)13-15(2)14-17(19)4/h13-14,18H,6-12H2,1-5H3,(H,22,28). The Balaban J connectivity index is 2.07. The molecule has 1 aliphatic rings. The van der Waals surface area contributed by atoms with Crippen molar-refractivity contribution in [2.45, 2.75) is 46.6 Å². The van der Waals surface area contributed by atoms with Crippen LogP contribution in [0.15, 0.2) is 12.1 Å². The third kappa shape index (κ3) is 5.82. The van der Waals surface area contributed by atoms with Crippen molar-refractivity contribution in [1.29, 1.82) is 0 Å². The van der Waals surface area contributed by atoms with Gasteiger partial charge in [-0.25, -0.2) is 4.79 Å². The number of amides is 1. The Morgan fingerprint density at radius 1 is 1.25 bits per heavy atom. The van der Waals surface area contributed by atoms with Crippen LogP contribution in [0.5, 0.6) is 0 Å². The van der Waals surface area contributed by atoms with E-state index in [1.165, 1.54) is 16.7 Å². The van der Waals surface area contributed by atoms with Crippen molar-refractivity contribution in [2.75, 3.05) is 45.3 Å². The fourth-order valence-electron chi connectivity index (χ4n) is 3.77. The summed E-state index contributed by atoms with van der Waals surface area (Å²) in [6.45, 7) is 11.2. The second-order valence-corrected chi connectivity index (χ2v) is 7.69. The van der Waals surface area contributed by atoms with Gasteiger partial charge in [0.05, 0.1) is 13.2 Å². The Hall–Kier alpha value is -1.86.